The van der Waals surface area contributed by atoms with Crippen molar-refractivity contribution >= 4 is 47.7 Å². The fourth-order valence-corrected chi connectivity index (χ4v) is 7.66. The molecule has 6 N–H and O–H groups in total. The number of rotatable bonds is 11. The van der Waals surface area contributed by atoms with Crippen LogP contribution in [0.15, 0.2) is 22.9 Å². The van der Waals surface area contributed by atoms with Gasteiger partial charge in [-0.1, -0.05) is 13.0 Å². The van der Waals surface area contributed by atoms with Gasteiger partial charge < -0.3 is 30.8 Å². The summed E-state index contributed by atoms with van der Waals surface area (Å²) in [6.07, 6.45) is 6.73. The van der Waals surface area contributed by atoms with Crippen molar-refractivity contribution in [2.24, 2.45) is 11.8 Å². The molecule has 3 aliphatic heterocycles. The smallest absolute Gasteiger partial charge is 0.303 e. The van der Waals surface area contributed by atoms with E-state index in [0.717, 1.165) is 55.7 Å². The average Bonchev–Trinajstić information content (AvgIpc) is 3.53. The number of carbonyl (C=O) groups excluding carboxylic acids is 2. The molecule has 0 bridgehead atoms. The van der Waals surface area contributed by atoms with Crippen molar-refractivity contribution in [2.75, 3.05) is 5.75 Å². The summed E-state index contributed by atoms with van der Waals surface area (Å²) < 4.78 is 0. The van der Waals surface area contributed by atoms with Gasteiger partial charge in [-0.2, -0.15) is 11.8 Å². The number of carbonyl (C=O) groups is 4. The molecule has 44 heavy (non-hydrogen) atoms. The lowest BCUT2D eigenvalue weighted by Gasteiger charge is -2.19. The van der Waals surface area contributed by atoms with E-state index in [1.807, 2.05) is 58.5 Å². The number of hydrogen-bond donors (Lipinski definition) is 6. The van der Waals surface area contributed by atoms with Gasteiger partial charge in [-0.15, -0.1) is 0 Å². The third-order valence-electron chi connectivity index (χ3n) is 9.31. The van der Waals surface area contributed by atoms with Crippen LogP contribution in [-0.4, -0.2) is 61.0 Å². The number of aliphatic carboxylic acids is 2. The number of amides is 2. The van der Waals surface area contributed by atoms with Crippen LogP contribution in [-0.2, 0) is 38.4 Å². The minimum atomic E-state index is -0.905. The molecule has 0 radical (unpaired) electrons. The van der Waals surface area contributed by atoms with Gasteiger partial charge in [0.05, 0.1) is 0 Å². The summed E-state index contributed by atoms with van der Waals surface area (Å²) in [5.41, 5.74) is 7.44. The Morgan fingerprint density at radius 1 is 0.955 bits per heavy atom. The quantitative estimate of drug-likeness (QED) is 0.166. The molecule has 234 valence electrons. The molecular formula is C33H40N4O6S. The van der Waals surface area contributed by atoms with Gasteiger partial charge in [-0.3, -0.25) is 19.2 Å². The van der Waals surface area contributed by atoms with Crippen LogP contribution in [0.4, 0.5) is 0 Å². The van der Waals surface area contributed by atoms with Crippen LogP contribution < -0.4 is 21.3 Å². The van der Waals surface area contributed by atoms with E-state index in [0.29, 0.717) is 35.8 Å². The van der Waals surface area contributed by atoms with Crippen LogP contribution in [0.5, 0.6) is 0 Å². The molecule has 5 rings (SSSR count). The maximum Gasteiger partial charge on any atom is 0.303 e. The number of nitrogens with one attached hydrogen (secondary N) is 4. The lowest BCUT2D eigenvalue weighted by molar-refractivity contribution is -0.138. The molecule has 10 nitrogen and oxygen atoms in total. The molecule has 2 saturated heterocycles. The molecule has 0 saturated carbocycles. The lowest BCUT2D eigenvalue weighted by Crippen LogP contribution is -2.33. The summed E-state index contributed by atoms with van der Waals surface area (Å²) in [6.45, 7) is 9.61. The number of carboxylic acids is 2. The molecule has 2 aromatic rings. The number of aromatic amines is 2. The van der Waals surface area contributed by atoms with Crippen molar-refractivity contribution in [1.29, 1.82) is 0 Å². The summed E-state index contributed by atoms with van der Waals surface area (Å²) in [4.78, 5) is 55.1. The average molecular weight is 621 g/mol. The summed E-state index contributed by atoms with van der Waals surface area (Å²) in [5, 5.41) is 27.0. The minimum Gasteiger partial charge on any atom is -0.481 e. The molecule has 2 aromatic heterocycles. The first-order chi connectivity index (χ1) is 20.9. The number of thioether (sulfide) groups is 1. The zero-order valence-corrected chi connectivity index (χ0v) is 26.5. The first-order valence-corrected chi connectivity index (χ1v) is 16.1. The maximum absolute atomic E-state index is 12.6. The third kappa shape index (κ3) is 6.29. The predicted molar refractivity (Wildman–Crippen MR) is 169 cm³/mol. The Hall–Kier alpha value is -3.99. The van der Waals surface area contributed by atoms with Gasteiger partial charge in [0.25, 0.3) is 5.91 Å². The minimum absolute atomic E-state index is 0.00437. The second-order valence-corrected chi connectivity index (χ2v) is 13.3. The van der Waals surface area contributed by atoms with E-state index in [4.69, 9.17) is 0 Å². The van der Waals surface area contributed by atoms with Gasteiger partial charge in [0.15, 0.2) is 0 Å². The molecule has 0 aliphatic carbocycles. The fraction of sp³-hybridized carbons (Fsp3) is 0.455. The van der Waals surface area contributed by atoms with Crippen LogP contribution in [0.2, 0.25) is 0 Å². The number of hydrogen-bond acceptors (Lipinski definition) is 5. The Kier molecular flexibility index (Phi) is 8.97. The van der Waals surface area contributed by atoms with Crippen molar-refractivity contribution in [1.82, 2.24) is 20.6 Å². The van der Waals surface area contributed by atoms with Gasteiger partial charge in [0.1, 0.15) is 0 Å². The topological polar surface area (TPSA) is 164 Å². The summed E-state index contributed by atoms with van der Waals surface area (Å²) >= 11 is 1.88. The highest BCUT2D eigenvalue weighted by Crippen LogP contribution is 2.45. The van der Waals surface area contributed by atoms with Crippen LogP contribution in [0, 0.1) is 25.7 Å². The van der Waals surface area contributed by atoms with Gasteiger partial charge in [-0.25, -0.2) is 0 Å². The van der Waals surface area contributed by atoms with Gasteiger partial charge in [0.2, 0.25) is 5.91 Å². The zero-order chi connectivity index (χ0) is 31.9. The zero-order valence-electron chi connectivity index (χ0n) is 25.7. The van der Waals surface area contributed by atoms with Crippen molar-refractivity contribution in [3.05, 3.63) is 67.3 Å². The van der Waals surface area contributed by atoms with Gasteiger partial charge >= 0.3 is 11.9 Å². The first kappa shape index (κ1) is 31.4. The third-order valence-corrected chi connectivity index (χ3v) is 10.3. The highest BCUT2D eigenvalue weighted by molar-refractivity contribution is 8.06. The Bertz CT molecular complexity index is 1720. The first-order valence-electron chi connectivity index (χ1n) is 15.0. The van der Waals surface area contributed by atoms with Crippen LogP contribution in [0.1, 0.15) is 67.3 Å². The number of H-pyrrole nitrogens is 2. The Balaban J connectivity index is 1.60. The summed E-state index contributed by atoms with van der Waals surface area (Å²) in [6, 6.07) is -0.00437. The molecule has 11 heteroatoms. The Morgan fingerprint density at radius 3 is 2.20 bits per heavy atom. The van der Waals surface area contributed by atoms with Crippen LogP contribution in [0.25, 0.3) is 12.2 Å². The molecule has 5 heterocycles. The van der Waals surface area contributed by atoms with E-state index in [9.17, 15) is 29.4 Å². The number of aromatic nitrogens is 2. The second-order valence-electron chi connectivity index (χ2n) is 12.0. The van der Waals surface area contributed by atoms with E-state index < -0.39 is 11.9 Å². The van der Waals surface area contributed by atoms with E-state index in [2.05, 4.69) is 20.6 Å². The van der Waals surface area contributed by atoms with Gasteiger partial charge in [0, 0.05) is 81.5 Å². The molecule has 3 aliphatic rings. The van der Waals surface area contributed by atoms with E-state index in [1.54, 1.807) is 6.08 Å². The highest BCUT2D eigenvalue weighted by Gasteiger charge is 2.48. The Labute approximate surface area is 260 Å². The summed E-state index contributed by atoms with van der Waals surface area (Å²) in [7, 11) is 0. The molecular weight excluding hydrogens is 580 g/mol. The number of allylic oxidation sites excluding steroid dienone is 2. The largest absolute Gasteiger partial charge is 0.481 e. The van der Waals surface area contributed by atoms with Crippen molar-refractivity contribution < 1.29 is 29.4 Å². The molecule has 2 fully saturated rings. The predicted octanol–water partition coefficient (Wildman–Crippen LogP) is 2.36. The molecule has 1 unspecified atom stereocenters. The SMILES string of the molecule is C/C=C1/C(=O)NC(/C=c2/[nH]/c(=C\c3[nH]c(CC4NC(=O)[C@H](C)[C@H]4[C@H]4CS4)c(C)c3CCC(=O)O)c(CCC(=O)O)c2C)=C1C. The normalized spacial score (nSPS) is 24.9. The molecule has 0 aromatic carbocycles. The van der Waals surface area contributed by atoms with E-state index >= 15 is 0 Å². The maximum atomic E-state index is 12.6. The highest BCUT2D eigenvalue weighted by atomic mass is 32.2. The van der Waals surface area contributed by atoms with Crippen LogP contribution >= 0.6 is 11.8 Å². The molecule has 4 atom stereocenters. The van der Waals surface area contributed by atoms with Crippen LogP contribution in [0.3, 0.4) is 0 Å². The lowest BCUT2D eigenvalue weighted by atomic mass is 9.86. The van der Waals surface area contributed by atoms with Crippen molar-refractivity contribution in [2.45, 2.75) is 78.0 Å². The monoisotopic (exact) mass is 620 g/mol. The Morgan fingerprint density at radius 2 is 1.61 bits per heavy atom. The molecule has 2 amide bonds. The van der Waals surface area contributed by atoms with Crippen molar-refractivity contribution in [3.8, 4) is 0 Å². The second kappa shape index (κ2) is 12.6. The number of carboxylic acid groups (broad SMARTS) is 2. The van der Waals surface area contributed by atoms with E-state index in [1.165, 1.54) is 0 Å². The molecule has 0 spiro atoms. The fourth-order valence-electron chi connectivity index (χ4n) is 6.68. The van der Waals surface area contributed by atoms with Gasteiger partial charge in [-0.05, 0) is 80.5 Å². The van der Waals surface area contributed by atoms with Crippen molar-refractivity contribution in [3.63, 3.8) is 0 Å². The van der Waals surface area contributed by atoms with E-state index in [-0.39, 0.29) is 42.5 Å². The standard InChI is InChI=1S/C33H40N4O6S/c1-6-19-15(2)24(36-33(19)43)11-22-16(3)20(7-9-29(38)39)25(34-22)13-26-21(8-10-30(40)41)17(4)23(35-26)12-27-31(28-14-44-28)18(5)32(42)37-27/h6,11,13,18,27-28,31,34-35H,7-10,12,14H2,1-5H3,(H,36,43)(H,37,42)(H,38,39)(H,40,41)/b19-6+,22-11+,25-13-/t18-,27?,28-,31-/m1/s1. The summed E-state index contributed by atoms with van der Waals surface area (Å²) in [5.74, 6) is -0.619.